The molecule has 4 aromatic rings. The molecule has 2 atom stereocenters. The van der Waals surface area contributed by atoms with Gasteiger partial charge in [0.05, 0.1) is 54.2 Å². The number of aromatic nitrogens is 1. The van der Waals surface area contributed by atoms with Crippen molar-refractivity contribution in [3.8, 4) is 34.4 Å². The van der Waals surface area contributed by atoms with Gasteiger partial charge in [0.2, 0.25) is 0 Å². The zero-order valence-electron chi connectivity index (χ0n) is 29.3. The summed E-state index contributed by atoms with van der Waals surface area (Å²) in [6, 6.07) is 19.2. The van der Waals surface area contributed by atoms with Gasteiger partial charge < -0.3 is 34.1 Å². The number of pyridine rings is 1. The standard InChI is InChI=1S/C40H44Cl2N4O6/c1-27-30(5-2-6-34(27)35-7-3-8-37(40(35)42)50-13-4-10-45-11-9-33(48)22-45)25-52-39-17-38(51-24-29-15-28(18-43)19-44-20-29)31(16-36(39)41)21-46-12-14-49-26-32(46)23-47/h2-3,5-8,15-17,19-20,32-33,47-48H,4,9-14,21-26H2,1H3. The maximum atomic E-state index is 9.96. The van der Waals surface area contributed by atoms with Gasteiger partial charge in [0.25, 0.3) is 0 Å². The molecule has 52 heavy (non-hydrogen) atoms. The second kappa shape index (κ2) is 18.2. The third-order valence-electron chi connectivity index (χ3n) is 9.57. The Balaban J connectivity index is 1.17. The molecule has 0 spiro atoms. The van der Waals surface area contributed by atoms with Crippen molar-refractivity contribution in [1.29, 1.82) is 5.26 Å². The molecule has 0 saturated carbocycles. The summed E-state index contributed by atoms with van der Waals surface area (Å²) < 4.78 is 24.4. The first-order valence-electron chi connectivity index (χ1n) is 17.6. The molecule has 2 aliphatic heterocycles. The molecule has 0 aliphatic carbocycles. The first kappa shape index (κ1) is 37.8. The van der Waals surface area contributed by atoms with Crippen molar-refractivity contribution >= 4 is 23.2 Å². The average molecular weight is 748 g/mol. The molecule has 2 unspecified atom stereocenters. The first-order valence-corrected chi connectivity index (χ1v) is 18.3. The molecule has 1 aromatic heterocycles. The zero-order chi connectivity index (χ0) is 36.5. The Bertz CT molecular complexity index is 1870. The van der Waals surface area contributed by atoms with E-state index in [0.29, 0.717) is 65.8 Å². The van der Waals surface area contributed by atoms with Crippen LogP contribution in [0.15, 0.2) is 67.0 Å². The molecule has 10 nitrogen and oxygen atoms in total. The average Bonchev–Trinajstić information content (AvgIpc) is 3.58. The van der Waals surface area contributed by atoms with Gasteiger partial charge in [-0.3, -0.25) is 9.88 Å². The van der Waals surface area contributed by atoms with E-state index >= 15 is 0 Å². The van der Waals surface area contributed by atoms with Crippen LogP contribution in [-0.2, 0) is 24.5 Å². The second-order valence-electron chi connectivity index (χ2n) is 13.2. The number of morpholine rings is 1. The van der Waals surface area contributed by atoms with Crippen LogP contribution in [0.25, 0.3) is 11.1 Å². The van der Waals surface area contributed by atoms with Crippen LogP contribution in [0, 0.1) is 18.3 Å². The summed E-state index contributed by atoms with van der Waals surface area (Å²) in [7, 11) is 0. The lowest BCUT2D eigenvalue weighted by molar-refractivity contribution is -0.0315. The summed E-state index contributed by atoms with van der Waals surface area (Å²) in [5.41, 5.74) is 5.88. The minimum absolute atomic E-state index is 0.0238. The molecule has 12 heteroatoms. The highest BCUT2D eigenvalue weighted by Gasteiger charge is 2.25. The number of nitrogens with zero attached hydrogens (tertiary/aromatic N) is 4. The van der Waals surface area contributed by atoms with Gasteiger partial charge in [-0.05, 0) is 54.7 Å². The monoisotopic (exact) mass is 746 g/mol. The van der Waals surface area contributed by atoms with Gasteiger partial charge in [-0.15, -0.1) is 0 Å². The largest absolute Gasteiger partial charge is 0.492 e. The lowest BCUT2D eigenvalue weighted by Gasteiger charge is -2.34. The number of halogens is 2. The van der Waals surface area contributed by atoms with E-state index in [1.807, 2.05) is 49.4 Å². The van der Waals surface area contributed by atoms with Crippen molar-refractivity contribution in [3.63, 3.8) is 0 Å². The predicted octanol–water partition coefficient (Wildman–Crippen LogP) is 6.42. The fraction of sp³-hybridized carbons (Fsp3) is 0.400. The number of β-amino-alcohol motifs (C(OH)–C–C–N with tert-alkyl or cyclic N) is 1. The van der Waals surface area contributed by atoms with Crippen LogP contribution >= 0.6 is 23.2 Å². The number of benzene rings is 3. The summed E-state index contributed by atoms with van der Waals surface area (Å²) in [5, 5.41) is 30.1. The van der Waals surface area contributed by atoms with Crippen molar-refractivity contribution in [2.45, 2.75) is 51.7 Å². The predicted molar refractivity (Wildman–Crippen MR) is 200 cm³/mol. The Morgan fingerprint density at radius 2 is 1.79 bits per heavy atom. The van der Waals surface area contributed by atoms with Gasteiger partial charge >= 0.3 is 0 Å². The van der Waals surface area contributed by atoms with Gasteiger partial charge in [0.15, 0.2) is 0 Å². The van der Waals surface area contributed by atoms with Crippen LogP contribution < -0.4 is 14.2 Å². The fourth-order valence-corrected chi connectivity index (χ4v) is 7.14. The van der Waals surface area contributed by atoms with E-state index in [9.17, 15) is 15.5 Å². The van der Waals surface area contributed by atoms with E-state index in [-0.39, 0.29) is 32.0 Å². The number of aliphatic hydroxyl groups is 2. The van der Waals surface area contributed by atoms with Crippen LogP contribution in [0.3, 0.4) is 0 Å². The maximum Gasteiger partial charge on any atom is 0.142 e. The number of hydrogen-bond donors (Lipinski definition) is 2. The van der Waals surface area contributed by atoms with Gasteiger partial charge in [0.1, 0.15) is 36.5 Å². The Kier molecular flexibility index (Phi) is 13.3. The Morgan fingerprint density at radius 1 is 0.962 bits per heavy atom. The van der Waals surface area contributed by atoms with Gasteiger partial charge in [-0.2, -0.15) is 5.26 Å². The first-order chi connectivity index (χ1) is 25.3. The summed E-state index contributed by atoms with van der Waals surface area (Å²) in [5.74, 6) is 1.68. The third kappa shape index (κ3) is 9.54. The number of hydrogen-bond acceptors (Lipinski definition) is 10. The fourth-order valence-electron chi connectivity index (χ4n) is 6.62. The van der Waals surface area contributed by atoms with Gasteiger partial charge in [0, 0.05) is 67.9 Å². The molecule has 274 valence electrons. The summed E-state index contributed by atoms with van der Waals surface area (Å²) in [6.07, 6.45) is 4.63. The number of aliphatic hydroxyl groups excluding tert-OH is 2. The highest BCUT2D eigenvalue weighted by atomic mass is 35.5. The highest BCUT2D eigenvalue weighted by Crippen LogP contribution is 2.39. The molecule has 2 aliphatic rings. The van der Waals surface area contributed by atoms with E-state index in [4.69, 9.17) is 42.1 Å². The maximum absolute atomic E-state index is 9.96. The SMILES string of the molecule is Cc1c(COc2cc(OCc3cncc(C#N)c3)c(CN3CCOCC3CO)cc2Cl)cccc1-c1cccc(OCCCN2CCC(O)C2)c1Cl. The Labute approximate surface area is 315 Å². The van der Waals surface area contributed by atoms with Crippen LogP contribution in [-0.4, -0.2) is 89.7 Å². The minimum atomic E-state index is -0.226. The van der Waals surface area contributed by atoms with E-state index in [1.165, 1.54) is 6.20 Å². The van der Waals surface area contributed by atoms with E-state index in [2.05, 4.69) is 20.9 Å². The second-order valence-corrected chi connectivity index (χ2v) is 14.0. The van der Waals surface area contributed by atoms with Crippen molar-refractivity contribution in [2.75, 3.05) is 52.6 Å². The topological polar surface area (TPSA) is 121 Å². The summed E-state index contributed by atoms with van der Waals surface area (Å²) in [4.78, 5) is 8.57. The normalized spacial score (nSPS) is 17.9. The third-order valence-corrected chi connectivity index (χ3v) is 10.3. The molecule has 0 radical (unpaired) electrons. The smallest absolute Gasteiger partial charge is 0.142 e. The van der Waals surface area contributed by atoms with Crippen molar-refractivity contribution in [3.05, 3.63) is 105 Å². The number of likely N-dealkylation sites (tertiary alicyclic amines) is 1. The molecular formula is C40H44Cl2N4O6. The molecule has 0 amide bonds. The number of rotatable bonds is 15. The molecule has 3 aromatic carbocycles. The molecule has 3 heterocycles. The number of nitriles is 1. The number of ether oxygens (including phenoxy) is 4. The van der Waals surface area contributed by atoms with Gasteiger partial charge in [-0.1, -0.05) is 53.5 Å². The molecule has 2 saturated heterocycles. The van der Waals surface area contributed by atoms with E-state index < -0.39 is 0 Å². The van der Waals surface area contributed by atoms with Crippen molar-refractivity contribution in [1.82, 2.24) is 14.8 Å². The van der Waals surface area contributed by atoms with Crippen molar-refractivity contribution < 1.29 is 29.2 Å². The summed E-state index contributed by atoms with van der Waals surface area (Å²) in [6.45, 7) is 7.68. The molecular weight excluding hydrogens is 703 g/mol. The molecule has 6 rings (SSSR count). The lowest BCUT2D eigenvalue weighted by atomic mass is 9.96. The lowest BCUT2D eigenvalue weighted by Crippen LogP contribution is -2.46. The van der Waals surface area contributed by atoms with E-state index in [1.54, 1.807) is 18.3 Å². The molecule has 2 fully saturated rings. The summed E-state index contributed by atoms with van der Waals surface area (Å²) >= 11 is 13.8. The molecule has 0 bridgehead atoms. The van der Waals surface area contributed by atoms with Crippen LogP contribution in [0.2, 0.25) is 10.0 Å². The van der Waals surface area contributed by atoms with Crippen LogP contribution in [0.4, 0.5) is 0 Å². The minimum Gasteiger partial charge on any atom is -0.492 e. The zero-order valence-corrected chi connectivity index (χ0v) is 30.8. The van der Waals surface area contributed by atoms with Gasteiger partial charge in [-0.25, -0.2) is 0 Å². The Morgan fingerprint density at radius 3 is 2.60 bits per heavy atom. The van der Waals surface area contributed by atoms with Crippen molar-refractivity contribution in [2.24, 2.45) is 0 Å². The Hall–Kier alpha value is -3.92. The van der Waals surface area contributed by atoms with E-state index in [0.717, 1.165) is 65.9 Å². The quantitative estimate of drug-likeness (QED) is 0.132. The van der Waals surface area contributed by atoms with Crippen LogP contribution in [0.1, 0.15) is 40.7 Å². The van der Waals surface area contributed by atoms with Crippen LogP contribution in [0.5, 0.6) is 17.2 Å². The highest BCUT2D eigenvalue weighted by molar-refractivity contribution is 6.35. The molecule has 2 N–H and O–H groups in total.